The molecule has 2 aromatic carbocycles. The van der Waals surface area contributed by atoms with Crippen LogP contribution in [0.2, 0.25) is 0 Å². The van der Waals surface area contributed by atoms with Crippen molar-refractivity contribution in [3.8, 4) is 6.07 Å². The first-order chi connectivity index (χ1) is 13.3. The second kappa shape index (κ2) is 9.60. The average Bonchev–Trinajstić information content (AvgIpc) is 2.67. The van der Waals surface area contributed by atoms with Crippen LogP contribution in [0.25, 0.3) is 0 Å². The van der Waals surface area contributed by atoms with Gasteiger partial charge in [0.15, 0.2) is 0 Å². The molecule has 0 bridgehead atoms. The third-order valence-electron chi connectivity index (χ3n) is 4.00. The van der Waals surface area contributed by atoms with E-state index >= 15 is 0 Å². The van der Waals surface area contributed by atoms with Crippen molar-refractivity contribution in [2.24, 2.45) is 0 Å². The molecule has 0 atom stereocenters. The first-order valence-electron chi connectivity index (χ1n) is 8.78. The Labute approximate surface area is 161 Å². The molecule has 0 aliphatic heterocycles. The highest BCUT2D eigenvalue weighted by molar-refractivity contribution is 6.06. The van der Waals surface area contributed by atoms with E-state index < -0.39 is 17.6 Å². The second-order valence-corrected chi connectivity index (χ2v) is 6.11. The molecule has 146 valence electrons. The lowest BCUT2D eigenvalue weighted by Crippen LogP contribution is -2.15. The van der Waals surface area contributed by atoms with Crippen molar-refractivity contribution in [2.45, 2.75) is 32.4 Å². The molecular formula is C21H20F3N3O. The minimum Gasteiger partial charge on any atom is -0.360 e. The summed E-state index contributed by atoms with van der Waals surface area (Å²) in [5.74, 6) is -0.708. The van der Waals surface area contributed by atoms with Gasteiger partial charge in [-0.05, 0) is 42.7 Å². The molecule has 4 nitrogen and oxygen atoms in total. The fourth-order valence-electron chi connectivity index (χ4n) is 2.49. The van der Waals surface area contributed by atoms with E-state index in [0.29, 0.717) is 5.69 Å². The third-order valence-corrected chi connectivity index (χ3v) is 4.00. The fraction of sp³-hybridized carbons (Fsp3) is 0.238. The van der Waals surface area contributed by atoms with Crippen molar-refractivity contribution in [1.29, 1.82) is 5.26 Å². The summed E-state index contributed by atoms with van der Waals surface area (Å²) in [5, 5.41) is 14.2. The van der Waals surface area contributed by atoms with Crippen LogP contribution in [0.1, 0.15) is 30.9 Å². The van der Waals surface area contributed by atoms with Gasteiger partial charge in [0.05, 0.1) is 11.3 Å². The molecule has 0 unspecified atom stereocenters. The van der Waals surface area contributed by atoms with Crippen LogP contribution in [0.4, 0.5) is 24.5 Å². The fourth-order valence-corrected chi connectivity index (χ4v) is 2.49. The van der Waals surface area contributed by atoms with Crippen molar-refractivity contribution in [1.82, 2.24) is 0 Å². The van der Waals surface area contributed by atoms with E-state index in [0.717, 1.165) is 37.1 Å². The zero-order valence-corrected chi connectivity index (χ0v) is 15.3. The van der Waals surface area contributed by atoms with Gasteiger partial charge in [-0.1, -0.05) is 37.6 Å². The highest BCUT2D eigenvalue weighted by Gasteiger charge is 2.33. The minimum absolute atomic E-state index is 0.240. The van der Waals surface area contributed by atoms with Crippen molar-refractivity contribution >= 4 is 17.3 Å². The number of nitriles is 1. The summed E-state index contributed by atoms with van der Waals surface area (Å²) in [5.41, 5.74) is 0.179. The monoisotopic (exact) mass is 387 g/mol. The van der Waals surface area contributed by atoms with Crippen LogP contribution >= 0.6 is 0 Å². The summed E-state index contributed by atoms with van der Waals surface area (Å²) in [7, 11) is 0. The summed E-state index contributed by atoms with van der Waals surface area (Å²) in [6.45, 7) is 2.10. The lowest BCUT2D eigenvalue weighted by Gasteiger charge is -2.12. The van der Waals surface area contributed by atoms with E-state index in [1.165, 1.54) is 18.2 Å². The highest BCUT2D eigenvalue weighted by Crippen LogP contribution is 2.34. The smallest absolute Gasteiger partial charge is 0.360 e. The number of carbonyl (C=O) groups excluding carboxylic acids is 1. The molecule has 2 N–H and O–H groups in total. The Hall–Kier alpha value is -3.27. The van der Waals surface area contributed by atoms with Gasteiger partial charge in [-0.3, -0.25) is 4.79 Å². The number of unbranched alkanes of at least 4 members (excludes halogenated alkanes) is 1. The predicted octanol–water partition coefficient (Wildman–Crippen LogP) is 5.51. The molecule has 2 aromatic rings. The van der Waals surface area contributed by atoms with Gasteiger partial charge in [0.2, 0.25) is 0 Å². The molecule has 0 saturated carbocycles. The lowest BCUT2D eigenvalue weighted by atomic mass is 10.1. The number of hydrogen-bond acceptors (Lipinski definition) is 3. The van der Waals surface area contributed by atoms with Crippen LogP contribution in [0.15, 0.2) is 60.3 Å². The Morgan fingerprint density at radius 1 is 1.14 bits per heavy atom. The maximum Gasteiger partial charge on any atom is 0.418 e. The van der Waals surface area contributed by atoms with E-state index in [2.05, 4.69) is 17.6 Å². The van der Waals surface area contributed by atoms with Crippen molar-refractivity contribution < 1.29 is 18.0 Å². The normalized spacial score (nSPS) is 11.6. The van der Waals surface area contributed by atoms with Crippen LogP contribution in [-0.4, -0.2) is 5.91 Å². The molecule has 0 aliphatic carbocycles. The van der Waals surface area contributed by atoms with Crippen LogP contribution in [0, 0.1) is 11.3 Å². The molecule has 0 aliphatic rings. The van der Waals surface area contributed by atoms with Gasteiger partial charge in [0.25, 0.3) is 5.91 Å². The molecule has 0 heterocycles. The number of nitrogens with zero attached hydrogens (tertiary/aromatic N) is 1. The summed E-state index contributed by atoms with van der Waals surface area (Å²) >= 11 is 0. The Bertz CT molecular complexity index is 881. The van der Waals surface area contributed by atoms with Crippen molar-refractivity contribution in [2.75, 3.05) is 10.6 Å². The van der Waals surface area contributed by atoms with E-state index in [1.54, 1.807) is 18.2 Å². The van der Waals surface area contributed by atoms with Gasteiger partial charge in [0.1, 0.15) is 11.6 Å². The minimum atomic E-state index is -4.55. The Morgan fingerprint density at radius 2 is 1.82 bits per heavy atom. The van der Waals surface area contributed by atoms with E-state index in [4.69, 9.17) is 0 Å². The summed E-state index contributed by atoms with van der Waals surface area (Å²) < 4.78 is 39.0. The van der Waals surface area contributed by atoms with E-state index in [9.17, 15) is 23.2 Å². The summed E-state index contributed by atoms with van der Waals surface area (Å²) in [6, 6.07) is 13.8. The Kier molecular flexibility index (Phi) is 7.21. The largest absolute Gasteiger partial charge is 0.418 e. The van der Waals surface area contributed by atoms with E-state index in [-0.39, 0.29) is 11.3 Å². The number of hydrogen-bond donors (Lipinski definition) is 2. The van der Waals surface area contributed by atoms with Gasteiger partial charge in [-0.2, -0.15) is 18.4 Å². The topological polar surface area (TPSA) is 64.9 Å². The molecule has 28 heavy (non-hydrogen) atoms. The zero-order valence-electron chi connectivity index (χ0n) is 15.3. The van der Waals surface area contributed by atoms with Gasteiger partial charge in [-0.15, -0.1) is 0 Å². The first-order valence-corrected chi connectivity index (χ1v) is 8.78. The van der Waals surface area contributed by atoms with Gasteiger partial charge in [-0.25, -0.2) is 0 Å². The molecular weight excluding hydrogens is 367 g/mol. The molecule has 0 radical (unpaired) electrons. The molecule has 0 aromatic heterocycles. The zero-order chi connectivity index (χ0) is 20.6. The molecule has 7 heteroatoms. The molecule has 1 amide bonds. The lowest BCUT2D eigenvalue weighted by molar-refractivity contribution is -0.136. The number of para-hydroxylation sites is 1. The van der Waals surface area contributed by atoms with Crippen molar-refractivity contribution in [3.63, 3.8) is 0 Å². The first kappa shape index (κ1) is 21.0. The van der Waals surface area contributed by atoms with Gasteiger partial charge in [0, 0.05) is 11.9 Å². The maximum atomic E-state index is 13.0. The van der Waals surface area contributed by atoms with Crippen LogP contribution in [0.3, 0.4) is 0 Å². The summed E-state index contributed by atoms with van der Waals surface area (Å²) in [4.78, 5) is 12.2. The number of halogens is 3. The molecule has 0 spiro atoms. The number of amides is 1. The summed E-state index contributed by atoms with van der Waals surface area (Å²) in [6.07, 6.45) is -0.491. The highest BCUT2D eigenvalue weighted by atomic mass is 19.4. The number of benzene rings is 2. The van der Waals surface area contributed by atoms with Gasteiger partial charge >= 0.3 is 6.18 Å². The Morgan fingerprint density at radius 3 is 2.43 bits per heavy atom. The second-order valence-electron chi connectivity index (χ2n) is 6.11. The molecule has 0 saturated heterocycles. The number of anilines is 2. The number of carbonyl (C=O) groups is 1. The van der Waals surface area contributed by atoms with Crippen LogP contribution in [0.5, 0.6) is 0 Å². The van der Waals surface area contributed by atoms with Crippen LogP contribution in [-0.2, 0) is 17.4 Å². The number of rotatable bonds is 7. The van der Waals surface area contributed by atoms with E-state index in [1.807, 2.05) is 12.1 Å². The number of aryl methyl sites for hydroxylation is 1. The number of nitrogens with one attached hydrogen (secondary N) is 2. The molecule has 0 fully saturated rings. The van der Waals surface area contributed by atoms with Crippen LogP contribution < -0.4 is 10.6 Å². The number of alkyl halides is 3. The van der Waals surface area contributed by atoms with Gasteiger partial charge < -0.3 is 10.6 Å². The average molecular weight is 387 g/mol. The molecule has 2 rings (SSSR count). The quantitative estimate of drug-likeness (QED) is 0.487. The third kappa shape index (κ3) is 5.88. The maximum absolute atomic E-state index is 13.0. The Balaban J connectivity index is 2.09. The predicted molar refractivity (Wildman–Crippen MR) is 102 cm³/mol. The SMILES string of the molecule is CCCCc1ccc(NC(=O)/C(C#N)=C\Nc2ccccc2C(F)(F)F)cc1. The van der Waals surface area contributed by atoms with Crippen molar-refractivity contribution in [3.05, 3.63) is 71.4 Å². The standard InChI is InChI=1S/C21H20F3N3O/c1-2-3-6-15-9-11-17(12-10-15)27-20(28)16(13-25)14-26-19-8-5-4-7-18(19)21(22,23)24/h4-5,7-12,14,26H,2-3,6H2,1H3,(H,27,28)/b16-14-.